The molecule has 0 saturated carbocycles. The summed E-state index contributed by atoms with van der Waals surface area (Å²) >= 11 is 0. The van der Waals surface area contributed by atoms with E-state index in [2.05, 4.69) is 20.8 Å². The predicted molar refractivity (Wildman–Crippen MR) is 49.3 cm³/mol. The fraction of sp³-hybridized carbons (Fsp3) is 1.00. The molecule has 0 aromatic heterocycles. The maximum atomic E-state index is 5.85. The molecule has 1 aliphatic rings. The van der Waals surface area contributed by atoms with Gasteiger partial charge in [0, 0.05) is 0 Å². The first-order valence-corrected chi connectivity index (χ1v) is 4.89. The van der Waals surface area contributed by atoms with Gasteiger partial charge in [0.15, 0.2) is 0 Å². The smallest absolute Gasteiger partial charge is 0.0863 e. The number of unbranched alkanes of at least 4 members (excludes halogenated alkanes) is 1. The van der Waals surface area contributed by atoms with Crippen LogP contribution in [0.1, 0.15) is 40.0 Å². The Kier molecular flexibility index (Phi) is 3.53. The molecule has 1 heterocycles. The molecule has 0 aromatic rings. The highest BCUT2D eigenvalue weighted by Gasteiger charge is 2.28. The summed E-state index contributed by atoms with van der Waals surface area (Å²) in [7, 11) is 0. The summed E-state index contributed by atoms with van der Waals surface area (Å²) in [4.78, 5) is 0. The summed E-state index contributed by atoms with van der Waals surface area (Å²) in [5, 5.41) is 0. The molecule has 0 amide bonds. The summed E-state index contributed by atoms with van der Waals surface area (Å²) < 4.78 is 11.3. The van der Waals surface area contributed by atoms with Crippen LogP contribution in [0.2, 0.25) is 0 Å². The Morgan fingerprint density at radius 1 is 1.42 bits per heavy atom. The van der Waals surface area contributed by atoms with Gasteiger partial charge in [-0.3, -0.25) is 0 Å². The van der Waals surface area contributed by atoms with E-state index in [1.54, 1.807) is 0 Å². The standard InChI is InChI=1S/C10H20O2/c1-4-5-6-9-7-11-8-10(2,3)12-9/h9H,4-8H2,1-3H3. The minimum absolute atomic E-state index is 0.0728. The van der Waals surface area contributed by atoms with Crippen LogP contribution < -0.4 is 0 Å². The van der Waals surface area contributed by atoms with Gasteiger partial charge < -0.3 is 9.47 Å². The molecule has 2 heteroatoms. The van der Waals surface area contributed by atoms with Crippen LogP contribution in [0.5, 0.6) is 0 Å². The third-order valence-corrected chi connectivity index (χ3v) is 2.12. The normalized spacial score (nSPS) is 28.8. The highest BCUT2D eigenvalue weighted by Crippen LogP contribution is 2.21. The molecule has 1 unspecified atom stereocenters. The Morgan fingerprint density at radius 3 is 2.75 bits per heavy atom. The molecular formula is C10H20O2. The van der Waals surface area contributed by atoms with Crippen molar-refractivity contribution in [3.8, 4) is 0 Å². The Bertz CT molecular complexity index is 132. The zero-order valence-corrected chi connectivity index (χ0v) is 8.43. The van der Waals surface area contributed by atoms with Gasteiger partial charge >= 0.3 is 0 Å². The molecule has 12 heavy (non-hydrogen) atoms. The number of ether oxygens (including phenoxy) is 2. The van der Waals surface area contributed by atoms with Crippen LogP contribution in [0.15, 0.2) is 0 Å². The van der Waals surface area contributed by atoms with Crippen LogP contribution in [-0.4, -0.2) is 24.9 Å². The van der Waals surface area contributed by atoms with Crippen molar-refractivity contribution in [3.05, 3.63) is 0 Å². The molecule has 0 aliphatic carbocycles. The van der Waals surface area contributed by atoms with Gasteiger partial charge in [-0.1, -0.05) is 19.8 Å². The molecule has 1 atom stereocenters. The van der Waals surface area contributed by atoms with E-state index in [4.69, 9.17) is 9.47 Å². The van der Waals surface area contributed by atoms with Crippen LogP contribution in [0.4, 0.5) is 0 Å². The molecule has 1 rings (SSSR count). The second kappa shape index (κ2) is 4.24. The van der Waals surface area contributed by atoms with Gasteiger partial charge in [0.25, 0.3) is 0 Å². The molecule has 2 nitrogen and oxygen atoms in total. The maximum absolute atomic E-state index is 5.85. The van der Waals surface area contributed by atoms with Gasteiger partial charge in [0.2, 0.25) is 0 Å². The topological polar surface area (TPSA) is 18.5 Å². The zero-order chi connectivity index (χ0) is 9.03. The quantitative estimate of drug-likeness (QED) is 0.650. The van der Waals surface area contributed by atoms with Crippen molar-refractivity contribution in [3.63, 3.8) is 0 Å². The fourth-order valence-electron chi connectivity index (χ4n) is 1.53. The van der Waals surface area contributed by atoms with E-state index in [0.717, 1.165) is 19.6 Å². The summed E-state index contributed by atoms with van der Waals surface area (Å²) in [6.07, 6.45) is 3.94. The third-order valence-electron chi connectivity index (χ3n) is 2.12. The molecule has 1 aliphatic heterocycles. The summed E-state index contributed by atoms with van der Waals surface area (Å²) in [5.74, 6) is 0. The van der Waals surface area contributed by atoms with E-state index in [1.807, 2.05) is 0 Å². The average Bonchev–Trinajstić information content (AvgIpc) is 1.99. The minimum Gasteiger partial charge on any atom is -0.376 e. The first-order valence-electron chi connectivity index (χ1n) is 4.89. The van der Waals surface area contributed by atoms with E-state index < -0.39 is 0 Å². The Morgan fingerprint density at radius 2 is 2.17 bits per heavy atom. The first kappa shape index (κ1) is 10.0. The van der Waals surface area contributed by atoms with Crippen molar-refractivity contribution in [2.24, 2.45) is 0 Å². The van der Waals surface area contributed by atoms with Crippen molar-refractivity contribution in [1.29, 1.82) is 0 Å². The van der Waals surface area contributed by atoms with Crippen LogP contribution in [0.3, 0.4) is 0 Å². The maximum Gasteiger partial charge on any atom is 0.0863 e. The van der Waals surface area contributed by atoms with Crippen molar-refractivity contribution in [2.75, 3.05) is 13.2 Å². The molecule has 0 bridgehead atoms. The van der Waals surface area contributed by atoms with Gasteiger partial charge in [-0.05, 0) is 20.3 Å². The van der Waals surface area contributed by atoms with Crippen LogP contribution >= 0.6 is 0 Å². The lowest BCUT2D eigenvalue weighted by Gasteiger charge is -2.35. The Balaban J connectivity index is 2.26. The molecule has 0 aromatic carbocycles. The molecular weight excluding hydrogens is 152 g/mol. The summed E-state index contributed by atoms with van der Waals surface area (Å²) in [6, 6.07) is 0. The van der Waals surface area contributed by atoms with Crippen molar-refractivity contribution < 1.29 is 9.47 Å². The minimum atomic E-state index is -0.0728. The van der Waals surface area contributed by atoms with Gasteiger partial charge in [-0.25, -0.2) is 0 Å². The predicted octanol–water partition coefficient (Wildman–Crippen LogP) is 2.37. The largest absolute Gasteiger partial charge is 0.376 e. The van der Waals surface area contributed by atoms with Gasteiger partial charge in [0.05, 0.1) is 24.9 Å². The second-order valence-electron chi connectivity index (χ2n) is 4.16. The molecule has 1 saturated heterocycles. The lowest BCUT2D eigenvalue weighted by Crippen LogP contribution is -2.43. The van der Waals surface area contributed by atoms with E-state index in [-0.39, 0.29) is 5.60 Å². The average molecular weight is 172 g/mol. The van der Waals surface area contributed by atoms with E-state index in [1.165, 1.54) is 12.8 Å². The highest BCUT2D eigenvalue weighted by molar-refractivity contribution is 4.75. The van der Waals surface area contributed by atoms with Crippen LogP contribution in [0.25, 0.3) is 0 Å². The van der Waals surface area contributed by atoms with Crippen molar-refractivity contribution in [2.45, 2.75) is 51.7 Å². The second-order valence-corrected chi connectivity index (χ2v) is 4.16. The first-order chi connectivity index (χ1) is 5.64. The Labute approximate surface area is 75.2 Å². The molecule has 0 spiro atoms. The van der Waals surface area contributed by atoms with Crippen LogP contribution in [0, 0.1) is 0 Å². The molecule has 72 valence electrons. The van der Waals surface area contributed by atoms with E-state index >= 15 is 0 Å². The Hall–Kier alpha value is -0.0800. The van der Waals surface area contributed by atoms with Crippen LogP contribution in [-0.2, 0) is 9.47 Å². The number of rotatable bonds is 3. The molecule has 0 N–H and O–H groups in total. The van der Waals surface area contributed by atoms with Crippen molar-refractivity contribution >= 4 is 0 Å². The highest BCUT2D eigenvalue weighted by atomic mass is 16.6. The summed E-state index contributed by atoms with van der Waals surface area (Å²) in [6.45, 7) is 7.89. The number of hydrogen-bond donors (Lipinski definition) is 0. The molecule has 0 radical (unpaired) electrons. The summed E-state index contributed by atoms with van der Waals surface area (Å²) in [5.41, 5.74) is -0.0728. The zero-order valence-electron chi connectivity index (χ0n) is 8.43. The monoisotopic (exact) mass is 172 g/mol. The number of hydrogen-bond acceptors (Lipinski definition) is 2. The van der Waals surface area contributed by atoms with E-state index in [9.17, 15) is 0 Å². The van der Waals surface area contributed by atoms with Crippen molar-refractivity contribution in [1.82, 2.24) is 0 Å². The fourth-order valence-corrected chi connectivity index (χ4v) is 1.53. The van der Waals surface area contributed by atoms with Gasteiger partial charge in [-0.15, -0.1) is 0 Å². The van der Waals surface area contributed by atoms with E-state index in [0.29, 0.717) is 6.10 Å². The molecule has 1 fully saturated rings. The lowest BCUT2D eigenvalue weighted by molar-refractivity contribution is -0.183. The lowest BCUT2D eigenvalue weighted by atomic mass is 10.1. The van der Waals surface area contributed by atoms with Gasteiger partial charge in [-0.2, -0.15) is 0 Å². The third kappa shape index (κ3) is 3.11. The SMILES string of the molecule is CCCCC1COCC(C)(C)O1. The van der Waals surface area contributed by atoms with Gasteiger partial charge in [0.1, 0.15) is 0 Å².